The fraction of sp³-hybridized carbons (Fsp3) is 0.308. The summed E-state index contributed by atoms with van der Waals surface area (Å²) in [5.41, 5.74) is 5.43. The van der Waals surface area contributed by atoms with Crippen LogP contribution in [0.3, 0.4) is 0 Å². The van der Waals surface area contributed by atoms with Crippen LogP contribution in [0.1, 0.15) is 37.6 Å². The van der Waals surface area contributed by atoms with Gasteiger partial charge in [0.15, 0.2) is 8.32 Å². The molecule has 2 aromatic carbocycles. The van der Waals surface area contributed by atoms with E-state index in [2.05, 4.69) is 57.4 Å². The third-order valence-corrected chi connectivity index (χ3v) is 10.5. The standard InChI is InChI=1S/C26H31N3OSi/c1-19-24(21-12-8-7-9-13-21)16-22(17-27)25(28-19)29-23-14-10-11-20(15-23)18-30-31(5,6)26(2,3)4/h7-16H,18H2,1-6H3,(H,28,29). The van der Waals surface area contributed by atoms with E-state index in [4.69, 9.17) is 9.41 Å². The van der Waals surface area contributed by atoms with Crippen LogP contribution in [0.5, 0.6) is 0 Å². The van der Waals surface area contributed by atoms with Gasteiger partial charge in [-0.05, 0) is 54.4 Å². The van der Waals surface area contributed by atoms with Gasteiger partial charge in [0.25, 0.3) is 0 Å². The van der Waals surface area contributed by atoms with Gasteiger partial charge < -0.3 is 9.74 Å². The summed E-state index contributed by atoms with van der Waals surface area (Å²) in [5.74, 6) is 0.571. The lowest BCUT2D eigenvalue weighted by Crippen LogP contribution is -2.40. The minimum Gasteiger partial charge on any atom is -0.413 e. The van der Waals surface area contributed by atoms with Crippen LogP contribution in [0, 0.1) is 18.3 Å². The number of nitriles is 1. The number of hydrogen-bond acceptors (Lipinski definition) is 4. The summed E-state index contributed by atoms with van der Waals surface area (Å²) < 4.78 is 6.36. The fourth-order valence-corrected chi connectivity index (χ4v) is 4.01. The van der Waals surface area contributed by atoms with Crippen LogP contribution in [0.15, 0.2) is 60.7 Å². The first-order chi connectivity index (χ1) is 14.6. The van der Waals surface area contributed by atoms with E-state index in [0.717, 1.165) is 28.1 Å². The number of pyridine rings is 1. The average Bonchev–Trinajstić information content (AvgIpc) is 2.73. The topological polar surface area (TPSA) is 57.9 Å². The van der Waals surface area contributed by atoms with Crippen molar-refractivity contribution in [3.8, 4) is 17.2 Å². The zero-order chi connectivity index (χ0) is 22.6. The lowest BCUT2D eigenvalue weighted by atomic mass is 10.0. The summed E-state index contributed by atoms with van der Waals surface area (Å²) in [6, 6.07) is 22.3. The van der Waals surface area contributed by atoms with E-state index < -0.39 is 8.32 Å². The molecule has 160 valence electrons. The Labute approximate surface area is 187 Å². The number of benzene rings is 2. The Hall–Kier alpha value is -2.94. The molecule has 0 saturated heterocycles. The average molecular weight is 430 g/mol. The molecular weight excluding hydrogens is 398 g/mol. The number of aryl methyl sites for hydroxylation is 1. The van der Waals surface area contributed by atoms with Gasteiger partial charge in [0.2, 0.25) is 0 Å². The van der Waals surface area contributed by atoms with E-state index >= 15 is 0 Å². The molecule has 0 bridgehead atoms. The molecule has 3 rings (SSSR count). The molecule has 4 nitrogen and oxygen atoms in total. The molecule has 0 saturated carbocycles. The van der Waals surface area contributed by atoms with Crippen molar-refractivity contribution in [2.45, 2.75) is 52.4 Å². The Balaban J connectivity index is 1.82. The molecule has 0 fully saturated rings. The van der Waals surface area contributed by atoms with Crippen LogP contribution in [-0.4, -0.2) is 13.3 Å². The maximum Gasteiger partial charge on any atom is 0.192 e. The molecule has 0 atom stereocenters. The maximum absolute atomic E-state index is 9.72. The summed E-state index contributed by atoms with van der Waals surface area (Å²) in [6.07, 6.45) is 0. The van der Waals surface area contributed by atoms with Crippen LogP contribution in [-0.2, 0) is 11.0 Å². The van der Waals surface area contributed by atoms with Crippen LogP contribution in [0.4, 0.5) is 11.5 Å². The molecule has 1 heterocycles. The Morgan fingerprint density at radius 1 is 1.03 bits per heavy atom. The highest BCUT2D eigenvalue weighted by molar-refractivity contribution is 6.74. The van der Waals surface area contributed by atoms with Crippen LogP contribution in [0.2, 0.25) is 18.1 Å². The lowest BCUT2D eigenvalue weighted by molar-refractivity contribution is 0.276. The Kier molecular flexibility index (Phi) is 6.64. The van der Waals surface area contributed by atoms with E-state index in [1.165, 1.54) is 0 Å². The number of nitrogens with zero attached hydrogens (tertiary/aromatic N) is 2. The van der Waals surface area contributed by atoms with Gasteiger partial charge in [-0.2, -0.15) is 5.26 Å². The molecule has 0 unspecified atom stereocenters. The molecule has 0 aliphatic rings. The second kappa shape index (κ2) is 9.05. The number of hydrogen-bond donors (Lipinski definition) is 1. The SMILES string of the molecule is Cc1nc(Nc2cccc(CO[Si](C)(C)C(C)(C)C)c2)c(C#N)cc1-c1ccccc1. The maximum atomic E-state index is 9.72. The highest BCUT2D eigenvalue weighted by atomic mass is 28.4. The van der Waals surface area contributed by atoms with Crippen molar-refractivity contribution in [2.75, 3.05) is 5.32 Å². The summed E-state index contributed by atoms with van der Waals surface area (Å²) in [6.45, 7) is 13.8. The molecule has 0 amide bonds. The summed E-state index contributed by atoms with van der Waals surface area (Å²) in [7, 11) is -1.82. The third-order valence-electron chi connectivity index (χ3n) is 6.01. The minimum absolute atomic E-state index is 0.173. The van der Waals surface area contributed by atoms with Crippen molar-refractivity contribution in [2.24, 2.45) is 0 Å². The van der Waals surface area contributed by atoms with Crippen molar-refractivity contribution in [3.63, 3.8) is 0 Å². The van der Waals surface area contributed by atoms with Gasteiger partial charge in [0.05, 0.1) is 12.2 Å². The quantitative estimate of drug-likeness (QED) is 0.421. The van der Waals surface area contributed by atoms with Crippen LogP contribution in [0.25, 0.3) is 11.1 Å². The zero-order valence-corrected chi connectivity index (χ0v) is 20.3. The predicted molar refractivity (Wildman–Crippen MR) is 131 cm³/mol. The molecule has 3 aromatic rings. The van der Waals surface area contributed by atoms with Crippen molar-refractivity contribution in [3.05, 3.63) is 77.5 Å². The zero-order valence-electron chi connectivity index (χ0n) is 19.3. The van der Waals surface area contributed by atoms with Gasteiger partial charge in [-0.15, -0.1) is 0 Å². The first-order valence-corrected chi connectivity index (χ1v) is 13.5. The summed E-state index contributed by atoms with van der Waals surface area (Å²) in [4.78, 5) is 4.70. The normalized spacial score (nSPS) is 11.8. The third kappa shape index (κ3) is 5.41. The second-order valence-electron chi connectivity index (χ2n) is 9.37. The Bertz CT molecular complexity index is 1100. The van der Waals surface area contributed by atoms with Gasteiger partial charge in [0, 0.05) is 16.9 Å². The lowest BCUT2D eigenvalue weighted by Gasteiger charge is -2.36. The minimum atomic E-state index is -1.82. The number of anilines is 2. The first kappa shape index (κ1) is 22.7. The monoisotopic (exact) mass is 429 g/mol. The largest absolute Gasteiger partial charge is 0.413 e. The second-order valence-corrected chi connectivity index (χ2v) is 14.2. The molecule has 0 aliphatic heterocycles. The van der Waals surface area contributed by atoms with E-state index in [9.17, 15) is 5.26 Å². The Morgan fingerprint density at radius 2 is 1.74 bits per heavy atom. The molecule has 0 radical (unpaired) electrons. The summed E-state index contributed by atoms with van der Waals surface area (Å²) >= 11 is 0. The number of nitrogens with one attached hydrogen (secondary N) is 1. The molecule has 5 heteroatoms. The van der Waals surface area contributed by atoms with Gasteiger partial charge in [-0.1, -0.05) is 63.2 Å². The van der Waals surface area contributed by atoms with Gasteiger partial charge in [0.1, 0.15) is 11.9 Å². The number of rotatable bonds is 6. The van der Waals surface area contributed by atoms with Gasteiger partial charge in [-0.3, -0.25) is 0 Å². The van der Waals surface area contributed by atoms with Crippen molar-refractivity contribution in [1.82, 2.24) is 4.98 Å². The first-order valence-electron chi connectivity index (χ1n) is 10.6. The molecular formula is C26H31N3OSi. The smallest absolute Gasteiger partial charge is 0.192 e. The molecule has 1 N–H and O–H groups in total. The summed E-state index contributed by atoms with van der Waals surface area (Å²) in [5, 5.41) is 13.2. The predicted octanol–water partition coefficient (Wildman–Crippen LogP) is 7.19. The van der Waals surface area contributed by atoms with Crippen LogP contribution < -0.4 is 5.32 Å². The van der Waals surface area contributed by atoms with Crippen molar-refractivity contribution in [1.29, 1.82) is 5.26 Å². The number of aromatic nitrogens is 1. The highest BCUT2D eigenvalue weighted by Gasteiger charge is 2.37. The molecule has 1 aromatic heterocycles. The fourth-order valence-electron chi connectivity index (χ4n) is 3.05. The molecule has 0 aliphatic carbocycles. The van der Waals surface area contributed by atoms with Gasteiger partial charge in [-0.25, -0.2) is 4.98 Å². The van der Waals surface area contributed by atoms with E-state index in [1.807, 2.05) is 55.5 Å². The van der Waals surface area contributed by atoms with E-state index in [1.54, 1.807) is 0 Å². The van der Waals surface area contributed by atoms with Crippen molar-refractivity contribution < 1.29 is 4.43 Å². The molecule has 0 spiro atoms. The van der Waals surface area contributed by atoms with Crippen molar-refractivity contribution >= 4 is 19.8 Å². The Morgan fingerprint density at radius 3 is 2.39 bits per heavy atom. The highest BCUT2D eigenvalue weighted by Crippen LogP contribution is 2.37. The van der Waals surface area contributed by atoms with E-state index in [0.29, 0.717) is 18.0 Å². The van der Waals surface area contributed by atoms with Crippen LogP contribution >= 0.6 is 0 Å². The molecule has 31 heavy (non-hydrogen) atoms. The van der Waals surface area contributed by atoms with E-state index in [-0.39, 0.29) is 5.04 Å². The van der Waals surface area contributed by atoms with Gasteiger partial charge >= 0.3 is 0 Å².